The summed E-state index contributed by atoms with van der Waals surface area (Å²) in [5.41, 5.74) is 0.763. The second-order valence-electron chi connectivity index (χ2n) is 5.12. The maximum absolute atomic E-state index is 12.3. The van der Waals surface area contributed by atoms with Gasteiger partial charge in [0.25, 0.3) is 0 Å². The van der Waals surface area contributed by atoms with E-state index in [4.69, 9.17) is 5.11 Å². The van der Waals surface area contributed by atoms with Crippen molar-refractivity contribution in [1.82, 2.24) is 5.32 Å². The first-order chi connectivity index (χ1) is 10.6. The van der Waals surface area contributed by atoms with Gasteiger partial charge in [-0.1, -0.05) is 30.3 Å². The normalized spacial score (nSPS) is 13.5. The van der Waals surface area contributed by atoms with Crippen molar-refractivity contribution < 1.29 is 27.9 Å². The minimum atomic E-state index is -4.26. The van der Waals surface area contributed by atoms with Gasteiger partial charge in [0.2, 0.25) is 5.91 Å². The minimum Gasteiger partial charge on any atom is -0.478 e. The van der Waals surface area contributed by atoms with Crippen LogP contribution in [-0.4, -0.2) is 23.2 Å². The first kappa shape index (κ1) is 18.7. The molecule has 0 bridgehead atoms. The number of aliphatic carboxylic acids is 1. The van der Waals surface area contributed by atoms with E-state index < -0.39 is 30.5 Å². The lowest BCUT2D eigenvalue weighted by atomic mass is 10.0. The van der Waals surface area contributed by atoms with E-state index >= 15 is 0 Å². The van der Waals surface area contributed by atoms with Crippen molar-refractivity contribution >= 4 is 11.9 Å². The monoisotopic (exact) mass is 329 g/mol. The quantitative estimate of drug-likeness (QED) is 0.786. The molecule has 7 heteroatoms. The van der Waals surface area contributed by atoms with Crippen molar-refractivity contribution in [2.24, 2.45) is 0 Å². The Hall–Kier alpha value is -2.31. The van der Waals surface area contributed by atoms with E-state index in [0.29, 0.717) is 5.56 Å². The number of carboxylic acids is 1. The van der Waals surface area contributed by atoms with Crippen LogP contribution in [0.2, 0.25) is 0 Å². The van der Waals surface area contributed by atoms with Crippen molar-refractivity contribution in [1.29, 1.82) is 0 Å². The zero-order valence-electron chi connectivity index (χ0n) is 12.8. The minimum absolute atomic E-state index is 0.0183. The first-order valence-electron chi connectivity index (χ1n) is 6.96. The number of halogens is 3. The third-order valence-electron chi connectivity index (χ3n) is 3.24. The van der Waals surface area contributed by atoms with Crippen LogP contribution in [0.25, 0.3) is 0 Å². The highest BCUT2D eigenvalue weighted by Gasteiger charge is 2.27. The molecule has 1 amide bonds. The fourth-order valence-corrected chi connectivity index (χ4v) is 2.01. The van der Waals surface area contributed by atoms with Gasteiger partial charge in [-0.25, -0.2) is 4.79 Å². The van der Waals surface area contributed by atoms with Crippen molar-refractivity contribution in [3.05, 3.63) is 47.0 Å². The zero-order valence-corrected chi connectivity index (χ0v) is 12.8. The summed E-state index contributed by atoms with van der Waals surface area (Å²) < 4.78 is 36.8. The molecule has 1 aromatic carbocycles. The number of amides is 1. The van der Waals surface area contributed by atoms with Crippen LogP contribution in [-0.2, 0) is 16.0 Å². The maximum Gasteiger partial charge on any atom is 0.393 e. The summed E-state index contributed by atoms with van der Waals surface area (Å²) in [6.45, 7) is 3.20. The third kappa shape index (κ3) is 6.54. The summed E-state index contributed by atoms with van der Waals surface area (Å²) in [6, 6.07) is 5.31. The van der Waals surface area contributed by atoms with Gasteiger partial charge in [0.15, 0.2) is 0 Å². The largest absolute Gasteiger partial charge is 0.478 e. The van der Waals surface area contributed by atoms with Crippen molar-refractivity contribution in [2.75, 3.05) is 0 Å². The molecular formula is C16H18F3NO3. The number of alkyl halides is 3. The molecule has 1 aromatic rings. The highest BCUT2D eigenvalue weighted by atomic mass is 19.4. The van der Waals surface area contributed by atoms with E-state index in [0.717, 1.165) is 0 Å². The number of benzene rings is 1. The molecule has 0 aliphatic carbocycles. The predicted molar refractivity (Wildman–Crippen MR) is 78.8 cm³/mol. The van der Waals surface area contributed by atoms with Crippen molar-refractivity contribution in [3.63, 3.8) is 0 Å². The molecule has 0 unspecified atom stereocenters. The van der Waals surface area contributed by atoms with E-state index in [-0.39, 0.29) is 17.6 Å². The molecule has 2 N–H and O–H groups in total. The number of rotatable bonds is 6. The smallest absolute Gasteiger partial charge is 0.393 e. The summed E-state index contributed by atoms with van der Waals surface area (Å²) in [7, 11) is 0. The van der Waals surface area contributed by atoms with Gasteiger partial charge >= 0.3 is 12.1 Å². The standard InChI is InChI=1S/C16H18F3NO3/c1-3-12(15(22)23)8-14(21)20-10(2)13-6-4-11(5-7-13)9-16(17,18)19/h3-7,10H,8-9H2,1-2H3,(H,20,21)(H,22,23)/b12-3-/t10-/m0/s1. The average molecular weight is 329 g/mol. The second kappa shape index (κ2) is 7.80. The van der Waals surface area contributed by atoms with Gasteiger partial charge in [-0.05, 0) is 25.0 Å². The van der Waals surface area contributed by atoms with Gasteiger partial charge in [0.05, 0.1) is 18.9 Å². The Bertz CT molecular complexity index is 592. The van der Waals surface area contributed by atoms with Gasteiger partial charge < -0.3 is 10.4 Å². The lowest BCUT2D eigenvalue weighted by Crippen LogP contribution is -2.27. The molecule has 1 atom stereocenters. The van der Waals surface area contributed by atoms with Gasteiger partial charge in [0, 0.05) is 5.57 Å². The van der Waals surface area contributed by atoms with Crippen molar-refractivity contribution in [3.8, 4) is 0 Å². The van der Waals surface area contributed by atoms with Crippen molar-refractivity contribution in [2.45, 2.75) is 38.9 Å². The lowest BCUT2D eigenvalue weighted by Gasteiger charge is -2.15. The van der Waals surface area contributed by atoms with Gasteiger partial charge in [-0.15, -0.1) is 0 Å². The summed E-state index contributed by atoms with van der Waals surface area (Å²) in [5.74, 6) is -1.63. The van der Waals surface area contributed by atoms with Crippen LogP contribution in [0.5, 0.6) is 0 Å². The van der Waals surface area contributed by atoms with Gasteiger partial charge in [-0.2, -0.15) is 13.2 Å². The number of nitrogens with one attached hydrogen (secondary N) is 1. The van der Waals surface area contributed by atoms with Crippen LogP contribution < -0.4 is 5.32 Å². The highest BCUT2D eigenvalue weighted by molar-refractivity contribution is 5.94. The Morgan fingerprint density at radius 3 is 2.26 bits per heavy atom. The molecule has 126 valence electrons. The van der Waals surface area contributed by atoms with E-state index in [2.05, 4.69) is 5.32 Å². The number of carbonyl (C=O) groups excluding carboxylic acids is 1. The van der Waals surface area contributed by atoms with E-state index in [1.54, 1.807) is 6.92 Å². The van der Waals surface area contributed by atoms with Crippen LogP contribution in [0, 0.1) is 0 Å². The average Bonchev–Trinajstić information content (AvgIpc) is 2.43. The summed E-state index contributed by atoms with van der Waals surface area (Å²) >= 11 is 0. The first-order valence-corrected chi connectivity index (χ1v) is 6.96. The molecule has 0 fully saturated rings. The van der Waals surface area contributed by atoms with Crippen LogP contribution in [0.4, 0.5) is 13.2 Å². The second-order valence-corrected chi connectivity index (χ2v) is 5.12. The fourth-order valence-electron chi connectivity index (χ4n) is 2.01. The summed E-state index contributed by atoms with van der Waals surface area (Å²) in [4.78, 5) is 22.6. The van der Waals surface area contributed by atoms with Crippen LogP contribution in [0.3, 0.4) is 0 Å². The van der Waals surface area contributed by atoms with Gasteiger partial charge in [0.1, 0.15) is 0 Å². The number of carbonyl (C=O) groups is 2. The van der Waals surface area contributed by atoms with Crippen LogP contribution in [0.1, 0.15) is 37.4 Å². The van der Waals surface area contributed by atoms with Crippen LogP contribution >= 0.6 is 0 Å². The van der Waals surface area contributed by atoms with E-state index in [1.807, 2.05) is 0 Å². The Kier molecular flexibility index (Phi) is 6.36. The molecule has 4 nitrogen and oxygen atoms in total. The molecule has 23 heavy (non-hydrogen) atoms. The molecular weight excluding hydrogens is 311 g/mol. The Labute approximate surface area is 132 Å². The van der Waals surface area contributed by atoms with Crippen LogP contribution in [0.15, 0.2) is 35.9 Å². The Morgan fingerprint density at radius 1 is 1.26 bits per heavy atom. The summed E-state index contributed by atoms with van der Waals surface area (Å²) in [5, 5.41) is 11.5. The molecule has 0 spiro atoms. The number of carboxylic acid groups (broad SMARTS) is 1. The van der Waals surface area contributed by atoms with E-state index in [1.165, 1.54) is 37.3 Å². The fraction of sp³-hybridized carbons (Fsp3) is 0.375. The molecule has 0 saturated heterocycles. The lowest BCUT2D eigenvalue weighted by molar-refractivity contribution is -0.134. The molecule has 0 aliphatic rings. The summed E-state index contributed by atoms with van der Waals surface area (Å²) in [6.07, 6.45) is -4.18. The number of hydrogen-bond donors (Lipinski definition) is 2. The molecule has 0 aromatic heterocycles. The maximum atomic E-state index is 12.3. The molecule has 0 aliphatic heterocycles. The number of allylic oxidation sites excluding steroid dienone is 1. The topological polar surface area (TPSA) is 66.4 Å². The molecule has 0 heterocycles. The SMILES string of the molecule is C/C=C(/CC(=O)N[C@@H](C)c1ccc(CC(F)(F)F)cc1)C(=O)O. The molecule has 0 radical (unpaired) electrons. The Morgan fingerprint density at radius 2 is 1.83 bits per heavy atom. The number of hydrogen-bond acceptors (Lipinski definition) is 2. The molecule has 0 saturated carbocycles. The van der Waals surface area contributed by atoms with Gasteiger partial charge in [-0.3, -0.25) is 4.79 Å². The predicted octanol–water partition coefficient (Wildman–Crippen LogP) is 3.39. The zero-order chi connectivity index (χ0) is 17.6. The van der Waals surface area contributed by atoms with E-state index in [9.17, 15) is 22.8 Å². The molecule has 1 rings (SSSR count). The Balaban J connectivity index is 2.66. The third-order valence-corrected chi connectivity index (χ3v) is 3.24. The highest BCUT2D eigenvalue weighted by Crippen LogP contribution is 2.22.